The van der Waals surface area contributed by atoms with E-state index >= 15 is 0 Å². The van der Waals surface area contributed by atoms with Gasteiger partial charge in [-0.05, 0) is 24.6 Å². The molecule has 2 aromatic carbocycles. The molecule has 1 aromatic heterocycles. The van der Waals surface area contributed by atoms with E-state index in [-0.39, 0.29) is 12.5 Å². The molecule has 0 unspecified atom stereocenters. The maximum atomic E-state index is 12.8. The molecule has 4 rings (SSSR count). The van der Waals surface area contributed by atoms with Crippen LogP contribution in [0, 0.1) is 6.92 Å². The molecule has 1 aliphatic rings. The molecule has 9 heteroatoms. The standard InChI is InChI=1S/C26H27Cl2N3O3S/c1-17-6-8-18(9-7-17)20-16-35-25(24(20)26(33)34-2)29-23(32)15-31-12-10-30(11-13-31)14-19-21(27)4-3-5-22(19)28/h3-9,16H,10-15H2,1-2H3,(H,29,32). The monoisotopic (exact) mass is 531 g/mol. The number of aryl methyl sites for hydroxylation is 1. The van der Waals surface area contributed by atoms with Crippen LogP contribution in [0.5, 0.6) is 0 Å². The highest BCUT2D eigenvalue weighted by molar-refractivity contribution is 7.15. The minimum absolute atomic E-state index is 0.157. The van der Waals surface area contributed by atoms with Gasteiger partial charge in [0.2, 0.25) is 5.91 Å². The van der Waals surface area contributed by atoms with Crippen molar-refractivity contribution in [2.24, 2.45) is 0 Å². The summed E-state index contributed by atoms with van der Waals surface area (Å²) in [5, 5.41) is 6.65. The molecule has 1 fully saturated rings. The Kier molecular flexibility index (Phi) is 8.46. The maximum absolute atomic E-state index is 12.8. The molecule has 0 aliphatic carbocycles. The number of methoxy groups -OCH3 is 1. The van der Waals surface area contributed by atoms with Crippen LogP contribution in [0.25, 0.3) is 11.1 Å². The molecule has 1 N–H and O–H groups in total. The second-order valence-corrected chi connectivity index (χ2v) is 10.2. The van der Waals surface area contributed by atoms with Crippen LogP contribution in [0.4, 0.5) is 5.00 Å². The Morgan fingerprint density at radius 3 is 2.26 bits per heavy atom. The van der Waals surface area contributed by atoms with E-state index in [0.29, 0.717) is 27.2 Å². The highest BCUT2D eigenvalue weighted by Gasteiger charge is 2.24. The Hall–Kier alpha value is -2.42. The average Bonchev–Trinajstić information content (AvgIpc) is 3.25. The fourth-order valence-electron chi connectivity index (χ4n) is 4.08. The number of amides is 1. The molecule has 0 spiro atoms. The number of nitrogens with zero attached hydrogens (tertiary/aromatic N) is 2. The lowest BCUT2D eigenvalue weighted by molar-refractivity contribution is -0.117. The molecule has 35 heavy (non-hydrogen) atoms. The first kappa shape index (κ1) is 25.7. The van der Waals surface area contributed by atoms with Crippen molar-refractivity contribution in [1.29, 1.82) is 0 Å². The van der Waals surface area contributed by atoms with Crippen LogP contribution in [-0.2, 0) is 16.1 Å². The van der Waals surface area contributed by atoms with E-state index in [4.69, 9.17) is 27.9 Å². The Bertz CT molecular complexity index is 1180. The molecular weight excluding hydrogens is 505 g/mol. The summed E-state index contributed by atoms with van der Waals surface area (Å²) in [4.78, 5) is 29.8. The molecule has 6 nitrogen and oxygen atoms in total. The summed E-state index contributed by atoms with van der Waals surface area (Å²) in [6.07, 6.45) is 0. The number of anilines is 1. The van der Waals surface area contributed by atoms with E-state index in [1.807, 2.05) is 54.8 Å². The molecule has 1 aliphatic heterocycles. The third-order valence-electron chi connectivity index (χ3n) is 6.07. The molecule has 0 bridgehead atoms. The zero-order valence-corrected chi connectivity index (χ0v) is 22.0. The van der Waals surface area contributed by atoms with Gasteiger partial charge in [-0.1, -0.05) is 59.1 Å². The van der Waals surface area contributed by atoms with Gasteiger partial charge in [0.05, 0.1) is 13.7 Å². The summed E-state index contributed by atoms with van der Waals surface area (Å²) in [5.41, 5.74) is 4.11. The lowest BCUT2D eigenvalue weighted by Gasteiger charge is -2.34. The van der Waals surface area contributed by atoms with E-state index < -0.39 is 5.97 Å². The minimum atomic E-state index is -0.469. The van der Waals surface area contributed by atoms with E-state index in [0.717, 1.165) is 48.4 Å². The molecule has 3 aromatic rings. The summed E-state index contributed by atoms with van der Waals surface area (Å²) in [6.45, 7) is 6.04. The highest BCUT2D eigenvalue weighted by atomic mass is 35.5. The summed E-state index contributed by atoms with van der Waals surface area (Å²) >= 11 is 13.9. The minimum Gasteiger partial charge on any atom is -0.465 e. The topological polar surface area (TPSA) is 61.9 Å². The number of esters is 1. The third kappa shape index (κ3) is 6.23. The lowest BCUT2D eigenvalue weighted by Crippen LogP contribution is -2.48. The first-order chi connectivity index (χ1) is 16.9. The number of benzene rings is 2. The van der Waals surface area contributed by atoms with Crippen LogP contribution in [0.2, 0.25) is 10.0 Å². The number of nitrogens with one attached hydrogen (secondary N) is 1. The Labute approximate surface area is 219 Å². The highest BCUT2D eigenvalue weighted by Crippen LogP contribution is 2.36. The average molecular weight is 532 g/mol. The van der Waals surface area contributed by atoms with Crippen molar-refractivity contribution in [3.8, 4) is 11.1 Å². The van der Waals surface area contributed by atoms with Gasteiger partial charge >= 0.3 is 5.97 Å². The van der Waals surface area contributed by atoms with Crippen LogP contribution in [0.1, 0.15) is 21.5 Å². The fraction of sp³-hybridized carbons (Fsp3) is 0.308. The van der Waals surface area contributed by atoms with Crippen molar-refractivity contribution in [2.45, 2.75) is 13.5 Å². The molecular formula is C26H27Cl2N3O3S. The van der Waals surface area contributed by atoms with Gasteiger partial charge in [0.1, 0.15) is 10.6 Å². The second-order valence-electron chi connectivity index (χ2n) is 8.51. The predicted molar refractivity (Wildman–Crippen MR) is 143 cm³/mol. The van der Waals surface area contributed by atoms with Crippen molar-refractivity contribution in [1.82, 2.24) is 9.80 Å². The normalized spacial score (nSPS) is 14.6. The molecule has 184 valence electrons. The van der Waals surface area contributed by atoms with Gasteiger partial charge in [0, 0.05) is 59.3 Å². The van der Waals surface area contributed by atoms with E-state index in [9.17, 15) is 9.59 Å². The zero-order chi connectivity index (χ0) is 24.9. The fourth-order valence-corrected chi connectivity index (χ4v) is 5.57. The van der Waals surface area contributed by atoms with Crippen LogP contribution < -0.4 is 5.32 Å². The summed E-state index contributed by atoms with van der Waals surface area (Å²) < 4.78 is 5.01. The second kappa shape index (κ2) is 11.5. The number of hydrogen-bond donors (Lipinski definition) is 1. The Balaban J connectivity index is 1.37. The molecule has 1 saturated heterocycles. The molecule has 0 atom stereocenters. The Morgan fingerprint density at radius 1 is 1.00 bits per heavy atom. The number of carbonyl (C=O) groups excluding carboxylic acids is 2. The number of piperazine rings is 1. The van der Waals surface area contributed by atoms with E-state index in [1.165, 1.54) is 18.4 Å². The SMILES string of the molecule is COC(=O)c1c(-c2ccc(C)cc2)csc1NC(=O)CN1CCN(Cc2c(Cl)cccc2Cl)CC1. The first-order valence-electron chi connectivity index (χ1n) is 11.3. The Morgan fingerprint density at radius 2 is 1.63 bits per heavy atom. The van der Waals surface area contributed by atoms with Gasteiger partial charge in [-0.25, -0.2) is 4.79 Å². The molecule has 0 radical (unpaired) electrons. The number of rotatable bonds is 7. The quantitative estimate of drug-likeness (QED) is 0.403. The first-order valence-corrected chi connectivity index (χ1v) is 12.9. The van der Waals surface area contributed by atoms with Crippen molar-refractivity contribution in [3.05, 3.63) is 74.6 Å². The lowest BCUT2D eigenvalue weighted by atomic mass is 10.0. The van der Waals surface area contributed by atoms with Gasteiger partial charge < -0.3 is 10.1 Å². The van der Waals surface area contributed by atoms with E-state index in [2.05, 4.69) is 15.1 Å². The van der Waals surface area contributed by atoms with Gasteiger partial charge in [-0.2, -0.15) is 0 Å². The van der Waals surface area contributed by atoms with Crippen LogP contribution in [0.15, 0.2) is 47.8 Å². The number of halogens is 2. The van der Waals surface area contributed by atoms with Crippen LogP contribution in [-0.4, -0.2) is 61.5 Å². The summed E-state index contributed by atoms with van der Waals surface area (Å²) in [6, 6.07) is 13.4. The summed E-state index contributed by atoms with van der Waals surface area (Å²) in [5.74, 6) is -0.626. The maximum Gasteiger partial charge on any atom is 0.341 e. The van der Waals surface area contributed by atoms with Gasteiger partial charge in [-0.3, -0.25) is 14.6 Å². The smallest absolute Gasteiger partial charge is 0.341 e. The largest absolute Gasteiger partial charge is 0.465 e. The predicted octanol–water partition coefficient (Wildman–Crippen LogP) is 5.57. The number of thiophene rings is 1. The molecule has 1 amide bonds. The summed E-state index contributed by atoms with van der Waals surface area (Å²) in [7, 11) is 1.35. The number of ether oxygens (including phenoxy) is 1. The van der Waals surface area contributed by atoms with Crippen molar-refractivity contribution in [3.63, 3.8) is 0 Å². The third-order valence-corrected chi connectivity index (χ3v) is 7.68. The van der Waals surface area contributed by atoms with Gasteiger partial charge in [-0.15, -0.1) is 11.3 Å². The molecule has 0 saturated carbocycles. The van der Waals surface area contributed by atoms with Crippen molar-refractivity contribution >= 4 is 51.4 Å². The van der Waals surface area contributed by atoms with Crippen molar-refractivity contribution < 1.29 is 14.3 Å². The van der Waals surface area contributed by atoms with Crippen LogP contribution >= 0.6 is 34.5 Å². The zero-order valence-electron chi connectivity index (χ0n) is 19.6. The van der Waals surface area contributed by atoms with Crippen LogP contribution in [0.3, 0.4) is 0 Å². The van der Waals surface area contributed by atoms with E-state index in [1.54, 1.807) is 0 Å². The number of carbonyl (C=O) groups is 2. The number of hydrogen-bond acceptors (Lipinski definition) is 6. The van der Waals surface area contributed by atoms with Gasteiger partial charge in [0.25, 0.3) is 0 Å². The van der Waals surface area contributed by atoms with Gasteiger partial charge in [0.15, 0.2) is 0 Å². The van der Waals surface area contributed by atoms with Crippen molar-refractivity contribution in [2.75, 3.05) is 45.2 Å². The molecule has 2 heterocycles.